The highest BCUT2D eigenvalue weighted by molar-refractivity contribution is 5.99. The molecule has 0 aliphatic carbocycles. The third-order valence-corrected chi connectivity index (χ3v) is 4.51. The molecule has 0 radical (unpaired) electrons. The van der Waals surface area contributed by atoms with Gasteiger partial charge in [0.1, 0.15) is 11.3 Å². The van der Waals surface area contributed by atoms with Gasteiger partial charge in [-0.25, -0.2) is 4.79 Å². The van der Waals surface area contributed by atoms with Crippen molar-refractivity contribution in [3.05, 3.63) is 82.7 Å². The second-order valence-electron chi connectivity index (χ2n) is 6.42. The summed E-state index contributed by atoms with van der Waals surface area (Å²) in [6.07, 6.45) is 0. The number of hydrogen-bond donors (Lipinski definition) is 0. The fourth-order valence-electron chi connectivity index (χ4n) is 2.97. The molecule has 0 unspecified atom stereocenters. The number of rotatable bonds is 7. The second kappa shape index (κ2) is 8.52. The smallest absolute Gasteiger partial charge is 0.342 e. The van der Waals surface area contributed by atoms with Gasteiger partial charge in [0.05, 0.1) is 25.0 Å². The SMILES string of the molecule is COc1ccc(C(=O)COC(=O)c2c(C)nn(Cc3ccccc3)c2C)cc1. The highest BCUT2D eigenvalue weighted by atomic mass is 16.5. The van der Waals surface area contributed by atoms with E-state index in [2.05, 4.69) is 5.10 Å². The average Bonchev–Trinajstić information content (AvgIpc) is 2.99. The van der Waals surface area contributed by atoms with E-state index < -0.39 is 5.97 Å². The van der Waals surface area contributed by atoms with E-state index in [4.69, 9.17) is 9.47 Å². The van der Waals surface area contributed by atoms with Gasteiger partial charge in [-0.2, -0.15) is 5.10 Å². The van der Waals surface area contributed by atoms with Crippen LogP contribution in [0.2, 0.25) is 0 Å². The highest BCUT2D eigenvalue weighted by Crippen LogP contribution is 2.17. The van der Waals surface area contributed by atoms with Crippen LogP contribution in [0.15, 0.2) is 54.6 Å². The Kier molecular flexibility index (Phi) is 5.89. The first-order valence-electron chi connectivity index (χ1n) is 8.92. The number of carbonyl (C=O) groups is 2. The van der Waals surface area contributed by atoms with Crippen LogP contribution in [0, 0.1) is 13.8 Å². The number of benzene rings is 2. The molecule has 0 bridgehead atoms. The Balaban J connectivity index is 1.67. The fourth-order valence-corrected chi connectivity index (χ4v) is 2.97. The van der Waals surface area contributed by atoms with E-state index in [0.717, 1.165) is 5.56 Å². The van der Waals surface area contributed by atoms with E-state index in [1.54, 1.807) is 43.0 Å². The first kappa shape index (κ1) is 19.4. The number of ether oxygens (including phenoxy) is 2. The van der Waals surface area contributed by atoms with Gasteiger partial charge in [0.2, 0.25) is 0 Å². The van der Waals surface area contributed by atoms with Gasteiger partial charge in [-0.15, -0.1) is 0 Å². The van der Waals surface area contributed by atoms with Crippen molar-refractivity contribution in [3.63, 3.8) is 0 Å². The van der Waals surface area contributed by atoms with Crippen molar-refractivity contribution in [2.24, 2.45) is 0 Å². The van der Waals surface area contributed by atoms with Crippen LogP contribution in [-0.2, 0) is 11.3 Å². The maximum Gasteiger partial charge on any atom is 0.342 e. The molecule has 28 heavy (non-hydrogen) atoms. The maximum atomic E-state index is 12.5. The molecule has 0 aliphatic heterocycles. The summed E-state index contributed by atoms with van der Waals surface area (Å²) in [5.41, 5.74) is 3.24. The van der Waals surface area contributed by atoms with E-state index >= 15 is 0 Å². The van der Waals surface area contributed by atoms with Crippen molar-refractivity contribution in [3.8, 4) is 5.75 Å². The minimum atomic E-state index is -0.545. The summed E-state index contributed by atoms with van der Waals surface area (Å²) in [6, 6.07) is 16.5. The standard InChI is InChI=1S/C22H22N2O4/c1-15-21(16(2)24(23-15)13-17-7-5-4-6-8-17)22(26)28-14-20(25)18-9-11-19(27-3)12-10-18/h4-12H,13-14H2,1-3H3. The van der Waals surface area contributed by atoms with Crippen molar-refractivity contribution >= 4 is 11.8 Å². The first-order chi connectivity index (χ1) is 13.5. The van der Waals surface area contributed by atoms with Crippen molar-refractivity contribution in [2.75, 3.05) is 13.7 Å². The van der Waals surface area contributed by atoms with Crippen LogP contribution in [-0.4, -0.2) is 35.2 Å². The Bertz CT molecular complexity index is 976. The van der Waals surface area contributed by atoms with Gasteiger partial charge in [-0.1, -0.05) is 30.3 Å². The monoisotopic (exact) mass is 378 g/mol. The maximum absolute atomic E-state index is 12.5. The Morgan fingerprint density at radius 3 is 2.32 bits per heavy atom. The molecular formula is C22H22N2O4. The van der Waals surface area contributed by atoms with Crippen LogP contribution in [0.3, 0.4) is 0 Å². The molecule has 0 fully saturated rings. The zero-order chi connectivity index (χ0) is 20.1. The summed E-state index contributed by atoms with van der Waals surface area (Å²) in [4.78, 5) is 24.8. The fraction of sp³-hybridized carbons (Fsp3) is 0.227. The number of carbonyl (C=O) groups excluding carboxylic acids is 2. The van der Waals surface area contributed by atoms with Crippen molar-refractivity contribution in [1.82, 2.24) is 9.78 Å². The quantitative estimate of drug-likeness (QED) is 0.464. The van der Waals surface area contributed by atoms with Crippen LogP contribution >= 0.6 is 0 Å². The van der Waals surface area contributed by atoms with Gasteiger partial charge in [0.15, 0.2) is 12.4 Å². The predicted molar refractivity (Wildman–Crippen MR) is 105 cm³/mol. The number of hydrogen-bond acceptors (Lipinski definition) is 5. The molecule has 3 rings (SSSR count). The largest absolute Gasteiger partial charge is 0.497 e. The van der Waals surface area contributed by atoms with E-state index in [1.165, 1.54) is 0 Å². The number of ketones is 1. The summed E-state index contributed by atoms with van der Waals surface area (Å²) < 4.78 is 12.1. The Morgan fingerprint density at radius 2 is 1.68 bits per heavy atom. The Morgan fingerprint density at radius 1 is 1.00 bits per heavy atom. The molecule has 0 amide bonds. The van der Waals surface area contributed by atoms with Crippen molar-refractivity contribution < 1.29 is 19.1 Å². The summed E-state index contributed by atoms with van der Waals surface area (Å²) in [7, 11) is 1.56. The van der Waals surface area contributed by atoms with Crippen LogP contribution in [0.1, 0.15) is 37.7 Å². The van der Waals surface area contributed by atoms with E-state index in [0.29, 0.717) is 34.8 Å². The van der Waals surface area contributed by atoms with Crippen LogP contribution in [0.4, 0.5) is 0 Å². The molecule has 3 aromatic rings. The molecule has 0 saturated heterocycles. The summed E-state index contributed by atoms with van der Waals surface area (Å²) >= 11 is 0. The summed E-state index contributed by atoms with van der Waals surface area (Å²) in [6.45, 7) is 3.82. The number of methoxy groups -OCH3 is 1. The zero-order valence-electron chi connectivity index (χ0n) is 16.1. The predicted octanol–water partition coefficient (Wildman–Crippen LogP) is 3.60. The number of aryl methyl sites for hydroxylation is 1. The first-order valence-corrected chi connectivity index (χ1v) is 8.92. The highest BCUT2D eigenvalue weighted by Gasteiger charge is 2.21. The average molecular weight is 378 g/mol. The molecule has 0 N–H and O–H groups in total. The Hall–Kier alpha value is -3.41. The molecule has 6 heteroatoms. The molecule has 0 saturated carbocycles. The van der Waals surface area contributed by atoms with Gasteiger partial charge in [-0.05, 0) is 43.7 Å². The molecule has 1 heterocycles. The lowest BCUT2D eigenvalue weighted by Crippen LogP contribution is -2.15. The number of Topliss-reactive ketones (excluding diaryl/α,β-unsaturated/α-hetero) is 1. The molecular weight excluding hydrogens is 356 g/mol. The summed E-state index contributed by atoms with van der Waals surface area (Å²) in [5, 5.41) is 4.45. The van der Waals surface area contributed by atoms with Gasteiger partial charge in [-0.3, -0.25) is 9.48 Å². The number of nitrogens with zero attached hydrogens (tertiary/aromatic N) is 2. The molecule has 0 aliphatic rings. The second-order valence-corrected chi connectivity index (χ2v) is 6.42. The zero-order valence-corrected chi connectivity index (χ0v) is 16.1. The van der Waals surface area contributed by atoms with Crippen molar-refractivity contribution in [1.29, 1.82) is 0 Å². The van der Waals surface area contributed by atoms with Crippen LogP contribution < -0.4 is 4.74 Å². The minimum Gasteiger partial charge on any atom is -0.497 e. The van der Waals surface area contributed by atoms with Crippen molar-refractivity contribution in [2.45, 2.75) is 20.4 Å². The summed E-state index contributed by atoms with van der Waals surface area (Å²) in [5.74, 6) is -0.162. The lowest BCUT2D eigenvalue weighted by atomic mass is 10.1. The third-order valence-electron chi connectivity index (χ3n) is 4.51. The van der Waals surface area contributed by atoms with Gasteiger partial charge in [0, 0.05) is 5.56 Å². The van der Waals surface area contributed by atoms with E-state index in [9.17, 15) is 9.59 Å². The Labute approximate surface area is 163 Å². The minimum absolute atomic E-state index is 0.275. The molecule has 0 spiro atoms. The lowest BCUT2D eigenvalue weighted by molar-refractivity contribution is 0.0473. The molecule has 1 aromatic heterocycles. The normalized spacial score (nSPS) is 10.5. The lowest BCUT2D eigenvalue weighted by Gasteiger charge is -2.07. The van der Waals surface area contributed by atoms with Gasteiger partial charge < -0.3 is 9.47 Å². The number of esters is 1. The number of aromatic nitrogens is 2. The molecule has 6 nitrogen and oxygen atoms in total. The molecule has 144 valence electrons. The van der Waals surface area contributed by atoms with Gasteiger partial charge >= 0.3 is 5.97 Å². The topological polar surface area (TPSA) is 70.4 Å². The third kappa shape index (κ3) is 4.28. The van der Waals surface area contributed by atoms with Gasteiger partial charge in [0.25, 0.3) is 0 Å². The molecule has 0 atom stereocenters. The van der Waals surface area contributed by atoms with Crippen LogP contribution in [0.25, 0.3) is 0 Å². The van der Waals surface area contributed by atoms with Crippen LogP contribution in [0.5, 0.6) is 5.75 Å². The molecule has 2 aromatic carbocycles. The van der Waals surface area contributed by atoms with E-state index in [-0.39, 0.29) is 12.4 Å². The van der Waals surface area contributed by atoms with E-state index in [1.807, 2.05) is 37.3 Å².